The number of likely N-dealkylation sites (N-methyl/N-ethyl adjacent to an activating group) is 1. The van der Waals surface area contributed by atoms with Crippen LogP contribution in [-0.4, -0.2) is 62.3 Å². The number of aryl methyl sites for hydroxylation is 3. The van der Waals surface area contributed by atoms with Crippen LogP contribution in [0, 0.1) is 20.8 Å². The average Bonchev–Trinajstić information content (AvgIpc) is 3.46. The summed E-state index contributed by atoms with van der Waals surface area (Å²) in [5, 5.41) is 2.70. The molecule has 53 heavy (non-hydrogen) atoms. The Bertz CT molecular complexity index is 2440. The summed E-state index contributed by atoms with van der Waals surface area (Å²) < 4.78 is 18.6. The molecule has 8 heteroatoms. The Morgan fingerprint density at radius 2 is 1.32 bits per heavy atom. The zero-order valence-corrected chi connectivity index (χ0v) is 32.1. The van der Waals surface area contributed by atoms with Crippen LogP contribution in [0.4, 0.5) is 0 Å². The van der Waals surface area contributed by atoms with E-state index in [1.165, 1.54) is 66.6 Å². The number of pyridine rings is 2. The molecule has 0 aliphatic carbocycles. The first kappa shape index (κ1) is 32.9. The van der Waals surface area contributed by atoms with Gasteiger partial charge >= 0.3 is 0 Å². The molecule has 8 heterocycles. The first-order chi connectivity index (χ1) is 25.5. The van der Waals surface area contributed by atoms with Crippen LogP contribution in [0.15, 0.2) is 60.9 Å². The SMILES string of the molecule is Cc1cc2c3c(c1)c1c(n3CC(C)(c3ccnc(CN4CCc5c(c6cc(C)cc7c6n5CC(C)(c5ccc(C)nc5)CO7)C4)c3)CO2)CCN(C)C1. The molecule has 0 amide bonds. The highest BCUT2D eigenvalue weighted by molar-refractivity contribution is 5.92. The van der Waals surface area contributed by atoms with E-state index in [1.807, 2.05) is 19.3 Å². The predicted molar refractivity (Wildman–Crippen MR) is 210 cm³/mol. The van der Waals surface area contributed by atoms with E-state index < -0.39 is 0 Å². The number of hydrogen-bond donors (Lipinski definition) is 0. The van der Waals surface area contributed by atoms with Crippen LogP contribution in [0.25, 0.3) is 21.8 Å². The lowest BCUT2D eigenvalue weighted by molar-refractivity contribution is 0.215. The molecular formula is C45H50N6O2. The lowest BCUT2D eigenvalue weighted by Crippen LogP contribution is -2.36. The molecule has 2 atom stereocenters. The van der Waals surface area contributed by atoms with Gasteiger partial charge in [-0.1, -0.05) is 19.9 Å². The molecule has 0 saturated heterocycles. The summed E-state index contributed by atoms with van der Waals surface area (Å²) in [5.74, 6) is 2.03. The highest BCUT2D eigenvalue weighted by Gasteiger charge is 2.38. The monoisotopic (exact) mass is 706 g/mol. The Morgan fingerprint density at radius 3 is 1.96 bits per heavy atom. The molecule has 4 aliphatic rings. The van der Waals surface area contributed by atoms with Crippen LogP contribution in [-0.2, 0) is 56.4 Å². The largest absolute Gasteiger partial charge is 0.490 e. The van der Waals surface area contributed by atoms with Crippen molar-refractivity contribution in [3.05, 3.63) is 117 Å². The van der Waals surface area contributed by atoms with Gasteiger partial charge in [0.25, 0.3) is 0 Å². The number of benzene rings is 2. The van der Waals surface area contributed by atoms with Gasteiger partial charge in [0.05, 0.1) is 29.9 Å². The molecule has 0 saturated carbocycles. The fourth-order valence-electron chi connectivity index (χ4n) is 9.86. The van der Waals surface area contributed by atoms with E-state index >= 15 is 0 Å². The van der Waals surface area contributed by atoms with Crippen molar-refractivity contribution in [2.24, 2.45) is 0 Å². The minimum atomic E-state index is -0.197. The Hall–Kier alpha value is -4.66. The van der Waals surface area contributed by atoms with Crippen LogP contribution < -0.4 is 9.47 Å². The van der Waals surface area contributed by atoms with Crippen molar-refractivity contribution in [3.63, 3.8) is 0 Å². The molecule has 0 radical (unpaired) electrons. The van der Waals surface area contributed by atoms with Gasteiger partial charge in [-0.05, 0) is 104 Å². The fraction of sp³-hybridized carbons (Fsp3) is 0.422. The van der Waals surface area contributed by atoms with Gasteiger partial charge in [-0.25, -0.2) is 0 Å². The fourth-order valence-corrected chi connectivity index (χ4v) is 9.86. The number of rotatable bonds is 4. The number of aromatic nitrogens is 4. The second-order valence-corrected chi connectivity index (χ2v) is 17.2. The summed E-state index contributed by atoms with van der Waals surface area (Å²) in [6.45, 7) is 19.0. The quantitative estimate of drug-likeness (QED) is 0.189. The summed E-state index contributed by atoms with van der Waals surface area (Å²) in [4.78, 5) is 14.7. The van der Waals surface area contributed by atoms with Crippen LogP contribution in [0.2, 0.25) is 0 Å². The van der Waals surface area contributed by atoms with Gasteiger partial charge in [0.1, 0.15) is 11.5 Å². The van der Waals surface area contributed by atoms with Crippen molar-refractivity contribution < 1.29 is 9.47 Å². The number of fused-ring (bicyclic) bond motifs is 6. The van der Waals surface area contributed by atoms with E-state index in [2.05, 4.69) is 107 Å². The number of hydrogen-bond acceptors (Lipinski definition) is 6. The van der Waals surface area contributed by atoms with E-state index in [0.717, 1.165) is 81.5 Å². The molecule has 4 aliphatic heterocycles. The van der Waals surface area contributed by atoms with Crippen molar-refractivity contribution in [2.75, 3.05) is 33.4 Å². The summed E-state index contributed by atoms with van der Waals surface area (Å²) in [7, 11) is 2.24. The molecule has 6 aromatic rings. The second-order valence-electron chi connectivity index (χ2n) is 17.2. The van der Waals surface area contributed by atoms with E-state index in [-0.39, 0.29) is 10.8 Å². The van der Waals surface area contributed by atoms with E-state index in [1.54, 1.807) is 0 Å². The molecule has 8 nitrogen and oxygen atoms in total. The van der Waals surface area contributed by atoms with Crippen molar-refractivity contribution in [3.8, 4) is 11.5 Å². The van der Waals surface area contributed by atoms with Gasteiger partial charge < -0.3 is 23.5 Å². The van der Waals surface area contributed by atoms with Gasteiger partial charge in [-0.2, -0.15) is 0 Å². The van der Waals surface area contributed by atoms with E-state index in [9.17, 15) is 0 Å². The molecule has 272 valence electrons. The average molecular weight is 707 g/mol. The second kappa shape index (κ2) is 11.9. The maximum Gasteiger partial charge on any atom is 0.143 e. The summed E-state index contributed by atoms with van der Waals surface area (Å²) in [5.41, 5.74) is 15.2. The number of nitrogens with zero attached hydrogens (tertiary/aromatic N) is 6. The third-order valence-electron chi connectivity index (χ3n) is 12.8. The van der Waals surface area contributed by atoms with Crippen LogP contribution in [0.1, 0.15) is 70.0 Å². The third-order valence-corrected chi connectivity index (χ3v) is 12.8. The summed E-state index contributed by atoms with van der Waals surface area (Å²) in [6.07, 6.45) is 6.13. The van der Waals surface area contributed by atoms with Crippen molar-refractivity contribution in [2.45, 2.75) is 91.0 Å². The summed E-state index contributed by atoms with van der Waals surface area (Å²) >= 11 is 0. The van der Waals surface area contributed by atoms with Crippen LogP contribution >= 0.6 is 0 Å². The first-order valence-corrected chi connectivity index (χ1v) is 19.4. The highest BCUT2D eigenvalue weighted by Crippen LogP contribution is 2.44. The lowest BCUT2D eigenvalue weighted by Gasteiger charge is -2.32. The molecule has 2 aromatic carbocycles. The molecule has 4 aromatic heterocycles. The van der Waals surface area contributed by atoms with E-state index in [4.69, 9.17) is 14.5 Å². The molecule has 0 fully saturated rings. The highest BCUT2D eigenvalue weighted by atomic mass is 16.5. The minimum absolute atomic E-state index is 0.186. The summed E-state index contributed by atoms with van der Waals surface area (Å²) in [6, 6.07) is 18.1. The lowest BCUT2D eigenvalue weighted by atomic mass is 9.83. The van der Waals surface area contributed by atoms with Crippen LogP contribution in [0.3, 0.4) is 0 Å². The van der Waals surface area contributed by atoms with Gasteiger partial charge in [-0.15, -0.1) is 0 Å². The minimum Gasteiger partial charge on any atom is -0.490 e. The van der Waals surface area contributed by atoms with Crippen LogP contribution in [0.5, 0.6) is 11.5 Å². The maximum absolute atomic E-state index is 6.76. The Labute approximate surface area is 312 Å². The number of ether oxygens (including phenoxy) is 2. The van der Waals surface area contributed by atoms with Crippen molar-refractivity contribution in [1.82, 2.24) is 28.9 Å². The van der Waals surface area contributed by atoms with Gasteiger partial charge in [0, 0.05) is 110 Å². The molecule has 0 spiro atoms. The smallest absolute Gasteiger partial charge is 0.143 e. The van der Waals surface area contributed by atoms with Gasteiger partial charge in [-0.3, -0.25) is 14.9 Å². The van der Waals surface area contributed by atoms with Crippen molar-refractivity contribution >= 4 is 21.8 Å². The van der Waals surface area contributed by atoms with Crippen molar-refractivity contribution in [1.29, 1.82) is 0 Å². The standard InChI is InChI=1S/C45H50N6O2/c1-28-15-34-36-22-48(6)13-10-38(36)50-24-44(4,26-52-40(17-28)42(34)50)31-9-12-46-33(19-31)21-49-14-11-39-37(23-49)35-16-29(2)18-41-43(35)51(39)25-45(5,27-53-41)32-8-7-30(3)47-20-32/h7-9,12,15-20H,10-11,13-14,21-27H2,1-6H3. The molecule has 2 unspecified atom stereocenters. The van der Waals surface area contributed by atoms with Gasteiger partial charge in [0.2, 0.25) is 0 Å². The maximum atomic E-state index is 6.76. The molecule has 10 rings (SSSR count). The van der Waals surface area contributed by atoms with Gasteiger partial charge in [0.15, 0.2) is 0 Å². The predicted octanol–water partition coefficient (Wildman–Crippen LogP) is 7.56. The Morgan fingerprint density at radius 1 is 0.698 bits per heavy atom. The Balaban J connectivity index is 0.955. The first-order valence-electron chi connectivity index (χ1n) is 19.4. The molecule has 0 bridgehead atoms. The zero-order chi connectivity index (χ0) is 36.2. The Kier molecular flexibility index (Phi) is 7.41. The van der Waals surface area contributed by atoms with E-state index in [0.29, 0.717) is 13.2 Å². The third kappa shape index (κ3) is 5.31. The molecular weight excluding hydrogens is 657 g/mol. The normalized spacial score (nSPS) is 22.9. The topological polar surface area (TPSA) is 60.6 Å². The zero-order valence-electron chi connectivity index (χ0n) is 32.1. The molecule has 0 N–H and O–H groups in total.